The van der Waals surface area contributed by atoms with Gasteiger partial charge in [0.1, 0.15) is 5.82 Å². The maximum Gasteiger partial charge on any atom is 0.270 e. The van der Waals surface area contributed by atoms with Crippen molar-refractivity contribution in [1.82, 2.24) is 14.5 Å². The first kappa shape index (κ1) is 23.9. The molecule has 34 heavy (non-hydrogen) atoms. The Morgan fingerprint density at radius 1 is 1.21 bits per heavy atom. The number of methoxy groups -OCH3 is 1. The molecular weight excluding hydrogens is 433 g/mol. The summed E-state index contributed by atoms with van der Waals surface area (Å²) in [6, 6.07) is 10.7. The molecule has 1 aliphatic rings. The topological polar surface area (TPSA) is 55.0 Å². The minimum atomic E-state index is -0.257. The van der Waals surface area contributed by atoms with Gasteiger partial charge in [0.05, 0.1) is 17.8 Å². The van der Waals surface area contributed by atoms with Gasteiger partial charge in [-0.1, -0.05) is 12.6 Å². The summed E-state index contributed by atoms with van der Waals surface area (Å²) in [5.74, 6) is 0.0522. The highest BCUT2D eigenvalue weighted by atomic mass is 19.1. The maximum atomic E-state index is 14.1. The van der Waals surface area contributed by atoms with Gasteiger partial charge in [-0.25, -0.2) is 4.39 Å². The number of aryl methyl sites for hydroxylation is 1. The molecule has 1 aliphatic heterocycles. The monoisotopic (exact) mass is 463 g/mol. The summed E-state index contributed by atoms with van der Waals surface area (Å²) in [4.78, 5) is 25.4. The summed E-state index contributed by atoms with van der Waals surface area (Å²) >= 11 is 0. The Balaban J connectivity index is 1.66. The van der Waals surface area contributed by atoms with Gasteiger partial charge in [-0.15, -0.1) is 4.98 Å². The van der Waals surface area contributed by atoms with Gasteiger partial charge < -0.3 is 19.0 Å². The van der Waals surface area contributed by atoms with E-state index in [0.29, 0.717) is 29.0 Å². The molecule has 1 fully saturated rings. The number of benzene rings is 1. The number of anilines is 1. The first-order chi connectivity index (χ1) is 16.2. The Bertz CT molecular complexity index is 1320. The molecule has 0 amide bonds. The summed E-state index contributed by atoms with van der Waals surface area (Å²) in [6.45, 7) is 15.5. The molecule has 4 rings (SSSR count). The third-order valence-corrected chi connectivity index (χ3v) is 6.86. The second kappa shape index (κ2) is 9.53. The molecule has 3 aromatic rings. The lowest BCUT2D eigenvalue weighted by Crippen LogP contribution is -2.57. The third kappa shape index (κ3) is 4.29. The van der Waals surface area contributed by atoms with Gasteiger partial charge in [0.2, 0.25) is 5.52 Å². The summed E-state index contributed by atoms with van der Waals surface area (Å²) in [7, 11) is 3.29. The van der Waals surface area contributed by atoms with Crippen LogP contribution in [0.1, 0.15) is 37.9 Å². The van der Waals surface area contributed by atoms with Crippen molar-refractivity contribution >= 4 is 22.5 Å². The number of rotatable bonds is 5. The van der Waals surface area contributed by atoms with Crippen LogP contribution in [0.25, 0.3) is 15.9 Å². The second-order valence-corrected chi connectivity index (χ2v) is 9.08. The van der Waals surface area contributed by atoms with E-state index >= 15 is 0 Å². The fraction of sp³-hybridized carbons (Fsp3) is 0.423. The molecule has 0 spiro atoms. The number of ether oxygens (including phenoxy) is 1. The van der Waals surface area contributed by atoms with Crippen molar-refractivity contribution in [2.45, 2.75) is 45.5 Å². The van der Waals surface area contributed by atoms with E-state index in [1.54, 1.807) is 36.9 Å². The molecule has 8 heteroatoms. The Labute approximate surface area is 199 Å². The molecule has 3 atom stereocenters. The van der Waals surface area contributed by atoms with E-state index in [1.165, 1.54) is 6.07 Å². The van der Waals surface area contributed by atoms with Crippen molar-refractivity contribution in [1.29, 1.82) is 0 Å². The highest BCUT2D eigenvalue weighted by molar-refractivity contribution is 5.89. The van der Waals surface area contributed by atoms with Crippen molar-refractivity contribution < 1.29 is 9.13 Å². The number of halogens is 1. The van der Waals surface area contributed by atoms with Gasteiger partial charge in [-0.3, -0.25) is 9.69 Å². The summed E-state index contributed by atoms with van der Waals surface area (Å²) < 4.78 is 20.8. The molecule has 0 N–H and O–H groups in total. The van der Waals surface area contributed by atoms with Gasteiger partial charge in [0.15, 0.2) is 0 Å². The van der Waals surface area contributed by atoms with Crippen molar-refractivity contribution in [2.75, 3.05) is 25.1 Å². The predicted molar refractivity (Wildman–Crippen MR) is 132 cm³/mol. The third-order valence-electron chi connectivity index (χ3n) is 6.86. The first-order valence-electron chi connectivity index (χ1n) is 11.4. The zero-order valence-electron chi connectivity index (χ0n) is 20.2. The number of hydrogen-bond donors (Lipinski definition) is 0. The van der Waals surface area contributed by atoms with Gasteiger partial charge in [-0.05, 0) is 50.6 Å². The Morgan fingerprint density at radius 2 is 1.97 bits per heavy atom. The van der Waals surface area contributed by atoms with Gasteiger partial charge in [0, 0.05) is 57.0 Å². The summed E-state index contributed by atoms with van der Waals surface area (Å²) in [6.07, 6.45) is 0. The fourth-order valence-corrected chi connectivity index (χ4v) is 4.92. The average Bonchev–Trinajstić information content (AvgIpc) is 2.83. The van der Waals surface area contributed by atoms with Crippen molar-refractivity contribution in [3.63, 3.8) is 0 Å². The van der Waals surface area contributed by atoms with Crippen LogP contribution in [-0.4, -0.2) is 46.7 Å². The molecule has 1 aromatic carbocycles. The van der Waals surface area contributed by atoms with Gasteiger partial charge >= 0.3 is 0 Å². The largest absolute Gasteiger partial charge is 0.380 e. The van der Waals surface area contributed by atoms with Gasteiger partial charge in [-0.2, -0.15) is 0 Å². The van der Waals surface area contributed by atoms with Crippen LogP contribution in [0.4, 0.5) is 15.9 Å². The van der Waals surface area contributed by atoms with Crippen LogP contribution in [0.2, 0.25) is 0 Å². The van der Waals surface area contributed by atoms with Crippen molar-refractivity contribution in [2.24, 2.45) is 7.05 Å². The molecule has 178 valence electrons. The Morgan fingerprint density at radius 3 is 2.68 bits per heavy atom. The van der Waals surface area contributed by atoms with Crippen molar-refractivity contribution in [3.8, 4) is 0 Å². The molecule has 1 unspecified atom stereocenters. The molecule has 0 bridgehead atoms. The zero-order valence-corrected chi connectivity index (χ0v) is 20.2. The number of fused-ring (bicyclic) bond motifs is 1. The van der Waals surface area contributed by atoms with Crippen LogP contribution in [0.5, 0.6) is 0 Å². The van der Waals surface area contributed by atoms with Gasteiger partial charge in [0.25, 0.3) is 11.4 Å². The van der Waals surface area contributed by atoms with Crippen molar-refractivity contribution in [3.05, 3.63) is 75.1 Å². The molecule has 0 saturated carbocycles. The molecular formula is C26H30FN5O2. The number of aromatic nitrogens is 2. The van der Waals surface area contributed by atoms with E-state index in [2.05, 4.69) is 40.4 Å². The second-order valence-electron chi connectivity index (χ2n) is 9.08. The summed E-state index contributed by atoms with van der Waals surface area (Å²) in [5.41, 5.74) is 3.64. The minimum Gasteiger partial charge on any atom is -0.380 e. The highest BCUT2D eigenvalue weighted by Crippen LogP contribution is 2.33. The lowest BCUT2D eigenvalue weighted by atomic mass is 9.98. The number of hydrogen-bond acceptors (Lipinski definition) is 5. The molecule has 1 saturated heterocycles. The first-order valence-corrected chi connectivity index (χ1v) is 11.4. The normalized spacial score (nSPS) is 19.9. The SMILES string of the molecule is [C-]#[N+]c1ccc2c(n1)c(N1C[C@@H](C)N(C(C)c3ccc(F)c(COC)c3)C[C@@H]1C)cc(=O)n2C. The summed E-state index contributed by atoms with van der Waals surface area (Å²) in [5, 5.41) is 0. The predicted octanol–water partition coefficient (Wildman–Crippen LogP) is 4.43. The van der Waals surface area contributed by atoms with Crippen LogP contribution >= 0.6 is 0 Å². The maximum absolute atomic E-state index is 14.1. The van der Waals surface area contributed by atoms with Crippen LogP contribution in [-0.2, 0) is 18.4 Å². The standard InChI is InChI=1S/C26H30FN5O2/c1-16-14-32(23-12-25(33)30(5)22-9-10-24(28-4)29-26(22)23)17(2)13-31(16)18(3)19-7-8-21(27)20(11-19)15-34-6/h7-12,16-18H,13-15H2,1-3,5-6H3/t16-,17+,18?/m1/s1. The number of nitrogens with zero attached hydrogens (tertiary/aromatic N) is 5. The fourth-order valence-electron chi connectivity index (χ4n) is 4.92. The number of piperazine rings is 1. The van der Waals surface area contributed by atoms with E-state index < -0.39 is 0 Å². The Kier molecular flexibility index (Phi) is 6.69. The quantitative estimate of drug-likeness (QED) is 0.524. The molecule has 3 heterocycles. The van der Waals surface area contributed by atoms with E-state index in [4.69, 9.17) is 11.3 Å². The molecule has 7 nitrogen and oxygen atoms in total. The number of pyridine rings is 2. The molecule has 2 aromatic heterocycles. The van der Waals surface area contributed by atoms with Crippen LogP contribution in [0.15, 0.2) is 41.2 Å². The minimum absolute atomic E-state index is 0.0861. The van der Waals surface area contributed by atoms with Crippen LogP contribution in [0.3, 0.4) is 0 Å². The average molecular weight is 464 g/mol. The lowest BCUT2D eigenvalue weighted by molar-refractivity contribution is 0.119. The van der Waals surface area contributed by atoms with Crippen LogP contribution in [0, 0.1) is 12.4 Å². The van der Waals surface area contributed by atoms with E-state index in [1.807, 2.05) is 12.1 Å². The lowest BCUT2D eigenvalue weighted by Gasteiger charge is -2.47. The molecule has 0 radical (unpaired) electrons. The van der Waals surface area contributed by atoms with Crippen LogP contribution < -0.4 is 10.5 Å². The zero-order chi connectivity index (χ0) is 24.6. The van der Waals surface area contributed by atoms with E-state index in [0.717, 1.165) is 17.8 Å². The van der Waals surface area contributed by atoms with E-state index in [9.17, 15) is 9.18 Å². The molecule has 0 aliphatic carbocycles. The smallest absolute Gasteiger partial charge is 0.270 e. The highest BCUT2D eigenvalue weighted by Gasteiger charge is 2.34. The van der Waals surface area contributed by atoms with E-state index in [-0.39, 0.29) is 36.1 Å². The Hall–Kier alpha value is -3.28.